The standard InChI is InChI=1S/C16H16N4S2/c1-2-5-12(6-3-1)11-22-15-13(14-17-7-4-8-18-14)20-9-10-21-16(20)19-15/h1-3,5-6,9-10H,4,7-8,11H2,(H,17,18). The molecule has 0 saturated carbocycles. The maximum absolute atomic E-state index is 4.79. The fraction of sp³-hybridized carbons (Fsp3) is 0.250. The summed E-state index contributed by atoms with van der Waals surface area (Å²) in [4.78, 5) is 10.5. The highest BCUT2D eigenvalue weighted by atomic mass is 32.2. The molecule has 3 aromatic rings. The van der Waals surface area contributed by atoms with Gasteiger partial charge in [-0.2, -0.15) is 0 Å². The average Bonchev–Trinajstić information content (AvgIpc) is 3.15. The summed E-state index contributed by atoms with van der Waals surface area (Å²) >= 11 is 3.44. The molecule has 0 saturated heterocycles. The Balaban J connectivity index is 1.67. The smallest absolute Gasteiger partial charge is 0.195 e. The van der Waals surface area contributed by atoms with Gasteiger partial charge in [-0.1, -0.05) is 42.1 Å². The third kappa shape index (κ3) is 2.64. The van der Waals surface area contributed by atoms with Crippen LogP contribution in [0, 0.1) is 0 Å². The van der Waals surface area contributed by atoms with E-state index in [-0.39, 0.29) is 0 Å². The molecule has 0 fully saturated rings. The maximum atomic E-state index is 4.79. The summed E-state index contributed by atoms with van der Waals surface area (Å²) < 4.78 is 2.15. The Morgan fingerprint density at radius 3 is 3.00 bits per heavy atom. The molecule has 2 aromatic heterocycles. The minimum absolute atomic E-state index is 0.891. The zero-order chi connectivity index (χ0) is 14.8. The molecule has 0 amide bonds. The predicted molar refractivity (Wildman–Crippen MR) is 93.1 cm³/mol. The molecular formula is C16H16N4S2. The Labute approximate surface area is 137 Å². The van der Waals surface area contributed by atoms with Crippen LogP contribution in [-0.4, -0.2) is 28.3 Å². The number of amidine groups is 1. The van der Waals surface area contributed by atoms with Crippen LogP contribution in [0.15, 0.2) is 51.9 Å². The van der Waals surface area contributed by atoms with Crippen LogP contribution < -0.4 is 5.32 Å². The number of hydrogen-bond acceptors (Lipinski definition) is 5. The van der Waals surface area contributed by atoms with Crippen LogP contribution in [0.1, 0.15) is 17.7 Å². The van der Waals surface area contributed by atoms with Crippen molar-refractivity contribution in [1.29, 1.82) is 0 Å². The van der Waals surface area contributed by atoms with E-state index in [0.717, 1.165) is 46.8 Å². The van der Waals surface area contributed by atoms with Gasteiger partial charge in [0.05, 0.1) is 0 Å². The van der Waals surface area contributed by atoms with Crippen molar-refractivity contribution in [2.24, 2.45) is 4.99 Å². The normalized spacial score (nSPS) is 14.8. The number of nitrogens with zero attached hydrogens (tertiary/aromatic N) is 3. The van der Waals surface area contributed by atoms with E-state index in [0.29, 0.717) is 0 Å². The van der Waals surface area contributed by atoms with Gasteiger partial charge in [0, 0.05) is 30.4 Å². The molecule has 0 aliphatic carbocycles. The number of benzene rings is 1. The Kier molecular flexibility index (Phi) is 3.86. The number of hydrogen-bond donors (Lipinski definition) is 1. The SMILES string of the molecule is c1ccc(CSc2nc3sccn3c2C2=NCCCN2)cc1. The van der Waals surface area contributed by atoms with Crippen molar-refractivity contribution in [1.82, 2.24) is 14.7 Å². The summed E-state index contributed by atoms with van der Waals surface area (Å²) in [6, 6.07) is 10.5. The van der Waals surface area contributed by atoms with Crippen molar-refractivity contribution in [3.8, 4) is 0 Å². The number of fused-ring (bicyclic) bond motifs is 1. The van der Waals surface area contributed by atoms with E-state index in [1.165, 1.54) is 5.56 Å². The van der Waals surface area contributed by atoms with E-state index in [1.807, 2.05) is 6.07 Å². The van der Waals surface area contributed by atoms with Crippen LogP contribution in [0.3, 0.4) is 0 Å². The van der Waals surface area contributed by atoms with Crippen LogP contribution >= 0.6 is 23.1 Å². The van der Waals surface area contributed by atoms with Crippen molar-refractivity contribution >= 4 is 33.9 Å². The summed E-state index contributed by atoms with van der Waals surface area (Å²) in [5.41, 5.74) is 2.42. The fourth-order valence-corrected chi connectivity index (χ4v) is 4.25. The summed E-state index contributed by atoms with van der Waals surface area (Å²) in [6.45, 7) is 1.88. The number of aromatic nitrogens is 2. The van der Waals surface area contributed by atoms with Crippen molar-refractivity contribution < 1.29 is 0 Å². The molecule has 1 aliphatic rings. The molecule has 0 unspecified atom stereocenters. The van der Waals surface area contributed by atoms with Gasteiger partial charge in [0.15, 0.2) is 4.96 Å². The van der Waals surface area contributed by atoms with Crippen molar-refractivity contribution in [3.63, 3.8) is 0 Å². The summed E-state index contributed by atoms with van der Waals surface area (Å²) in [6.07, 6.45) is 3.18. The van der Waals surface area contributed by atoms with Gasteiger partial charge in [-0.05, 0) is 12.0 Å². The monoisotopic (exact) mass is 328 g/mol. The number of aliphatic imine (C=N–C) groups is 1. The molecule has 0 atom stereocenters. The van der Waals surface area contributed by atoms with E-state index in [9.17, 15) is 0 Å². The molecule has 4 nitrogen and oxygen atoms in total. The van der Waals surface area contributed by atoms with Crippen LogP contribution in [0.5, 0.6) is 0 Å². The van der Waals surface area contributed by atoms with Crippen molar-refractivity contribution in [2.75, 3.05) is 13.1 Å². The lowest BCUT2D eigenvalue weighted by molar-refractivity contribution is 0.738. The van der Waals surface area contributed by atoms with Crippen LogP contribution in [0.4, 0.5) is 0 Å². The second-order valence-electron chi connectivity index (χ2n) is 5.11. The van der Waals surface area contributed by atoms with Gasteiger partial charge in [-0.15, -0.1) is 11.3 Å². The number of rotatable bonds is 4. The van der Waals surface area contributed by atoms with Gasteiger partial charge < -0.3 is 5.32 Å². The highest BCUT2D eigenvalue weighted by Gasteiger charge is 2.20. The average molecular weight is 328 g/mol. The van der Waals surface area contributed by atoms with Gasteiger partial charge in [0.1, 0.15) is 16.6 Å². The van der Waals surface area contributed by atoms with Crippen LogP contribution in [0.2, 0.25) is 0 Å². The van der Waals surface area contributed by atoms with Gasteiger partial charge in [-0.3, -0.25) is 9.39 Å². The minimum Gasteiger partial charge on any atom is -0.368 e. The van der Waals surface area contributed by atoms with E-state index in [4.69, 9.17) is 4.98 Å². The lowest BCUT2D eigenvalue weighted by Crippen LogP contribution is -2.31. The number of thioether (sulfide) groups is 1. The molecule has 112 valence electrons. The number of thiazole rings is 1. The predicted octanol–water partition coefficient (Wildman–Crippen LogP) is 3.43. The first-order valence-electron chi connectivity index (χ1n) is 7.33. The fourth-order valence-electron chi connectivity index (χ4n) is 2.50. The quantitative estimate of drug-likeness (QED) is 0.746. The molecule has 0 bridgehead atoms. The minimum atomic E-state index is 0.891. The molecule has 1 aromatic carbocycles. The second-order valence-corrected chi connectivity index (χ2v) is 6.94. The molecule has 0 spiro atoms. The molecule has 0 radical (unpaired) electrons. The Morgan fingerprint density at radius 2 is 2.18 bits per heavy atom. The lowest BCUT2D eigenvalue weighted by Gasteiger charge is -2.15. The molecule has 1 aliphatic heterocycles. The molecule has 1 N–H and O–H groups in total. The first-order chi connectivity index (χ1) is 10.9. The van der Waals surface area contributed by atoms with Gasteiger partial charge in [0.2, 0.25) is 0 Å². The van der Waals surface area contributed by atoms with E-state index in [2.05, 4.69) is 50.6 Å². The Bertz CT molecular complexity index is 804. The van der Waals surface area contributed by atoms with E-state index in [1.54, 1.807) is 23.1 Å². The molecular weight excluding hydrogens is 312 g/mol. The summed E-state index contributed by atoms with van der Waals surface area (Å²) in [7, 11) is 0. The number of imidazole rings is 1. The van der Waals surface area contributed by atoms with Crippen LogP contribution in [-0.2, 0) is 5.75 Å². The Hall–Kier alpha value is -1.79. The van der Waals surface area contributed by atoms with Crippen molar-refractivity contribution in [3.05, 3.63) is 53.2 Å². The highest BCUT2D eigenvalue weighted by Crippen LogP contribution is 2.29. The second kappa shape index (κ2) is 6.14. The number of nitrogens with one attached hydrogen (secondary N) is 1. The largest absolute Gasteiger partial charge is 0.368 e. The zero-order valence-electron chi connectivity index (χ0n) is 12.0. The maximum Gasteiger partial charge on any atom is 0.195 e. The molecule has 4 rings (SSSR count). The first kappa shape index (κ1) is 13.8. The van der Waals surface area contributed by atoms with Gasteiger partial charge in [0.25, 0.3) is 0 Å². The van der Waals surface area contributed by atoms with Crippen molar-refractivity contribution in [2.45, 2.75) is 17.2 Å². The lowest BCUT2D eigenvalue weighted by atomic mass is 10.2. The first-order valence-corrected chi connectivity index (χ1v) is 9.19. The van der Waals surface area contributed by atoms with E-state index < -0.39 is 0 Å². The third-order valence-electron chi connectivity index (χ3n) is 3.57. The van der Waals surface area contributed by atoms with E-state index >= 15 is 0 Å². The van der Waals surface area contributed by atoms with Gasteiger partial charge in [-0.25, -0.2) is 4.98 Å². The highest BCUT2D eigenvalue weighted by molar-refractivity contribution is 7.98. The zero-order valence-corrected chi connectivity index (χ0v) is 13.7. The Morgan fingerprint density at radius 1 is 1.27 bits per heavy atom. The van der Waals surface area contributed by atoms with Gasteiger partial charge >= 0.3 is 0 Å². The topological polar surface area (TPSA) is 41.7 Å². The molecule has 6 heteroatoms. The summed E-state index contributed by atoms with van der Waals surface area (Å²) in [5.74, 6) is 1.90. The molecule has 3 heterocycles. The van der Waals surface area contributed by atoms with Crippen LogP contribution in [0.25, 0.3) is 4.96 Å². The summed E-state index contributed by atoms with van der Waals surface area (Å²) in [5, 5.41) is 6.55. The third-order valence-corrected chi connectivity index (χ3v) is 5.36. The molecule has 22 heavy (non-hydrogen) atoms.